The molecule has 0 aromatic carbocycles. The molecule has 20 atom stereocenters. The normalized spacial score (nSPS) is 25.1. The molecule has 25 nitrogen and oxygen atoms in total. The molecule has 0 bridgehead atoms. The van der Waals surface area contributed by atoms with Crippen LogP contribution in [0.1, 0.15) is 440 Å². The van der Waals surface area contributed by atoms with E-state index >= 15 is 0 Å². The van der Waals surface area contributed by atoms with Crippen molar-refractivity contribution in [2.45, 2.75) is 544 Å². The van der Waals surface area contributed by atoms with Gasteiger partial charge in [0.25, 0.3) is 0 Å². The zero-order chi connectivity index (χ0) is 88.5. The summed E-state index contributed by atoms with van der Waals surface area (Å²) in [7, 11) is -5.81. The van der Waals surface area contributed by atoms with Gasteiger partial charge in [0.05, 0.1) is 13.2 Å². The fourth-order valence-electron chi connectivity index (χ4n) is 16.9. The number of aliphatic hydroxyl groups is 9. The molecule has 714 valence electrons. The van der Waals surface area contributed by atoms with Crippen LogP contribution in [0.4, 0.5) is 0 Å². The lowest BCUT2D eigenvalue weighted by molar-refractivity contribution is -0.360. The summed E-state index contributed by atoms with van der Waals surface area (Å²) in [6.45, 7) is 10.3. The smallest absolute Gasteiger partial charge is 0.463 e. The molecule has 26 heteroatoms. The molecule has 0 radical (unpaired) electrons. The van der Waals surface area contributed by atoms with Crippen molar-refractivity contribution in [3.63, 3.8) is 0 Å². The van der Waals surface area contributed by atoms with E-state index in [-0.39, 0.29) is 25.7 Å². The minimum Gasteiger partial charge on any atom is -0.463 e. The van der Waals surface area contributed by atoms with Gasteiger partial charge < -0.3 is 88.7 Å². The first kappa shape index (κ1) is 113. The number of aliphatic hydroxyl groups excluding tert-OH is 9. The number of esters is 4. The van der Waals surface area contributed by atoms with E-state index in [1.807, 2.05) is 0 Å². The Hall–Kier alpha value is -2.53. The maximum Gasteiger partial charge on any atom is 0.472 e. The average Bonchev–Trinajstić information content (AvgIpc) is 0.754. The van der Waals surface area contributed by atoms with Crippen LogP contribution in [0.3, 0.4) is 0 Å². The SMILES string of the molecule is CCCCCCCCCCCCCCCCCC(=O)OC(COC(=O)CCCCCCCCC(C)CCCCCCCC)COP(=O)(O)OC1C(OC2OC(CO)C(O)C(O)C2O)C(O)C(O)C(OC(=O)CCCCCCCCCCCCCCCCC)C1OC1OC(COC(=O)CCCCCCCCC(C)CCCCCCCC)C(O)C(O)C1O. The van der Waals surface area contributed by atoms with E-state index in [1.54, 1.807) is 0 Å². The van der Waals surface area contributed by atoms with Gasteiger partial charge >= 0.3 is 31.7 Å². The van der Waals surface area contributed by atoms with E-state index in [0.717, 1.165) is 128 Å². The van der Waals surface area contributed by atoms with Crippen molar-refractivity contribution in [3.05, 3.63) is 0 Å². The summed E-state index contributed by atoms with van der Waals surface area (Å²) in [5.74, 6) is -1.57. The summed E-state index contributed by atoms with van der Waals surface area (Å²) in [6.07, 6.45) is 27.9. The molecule has 3 fully saturated rings. The van der Waals surface area contributed by atoms with Crippen LogP contribution in [0.25, 0.3) is 0 Å². The number of carbonyl (C=O) groups excluding carboxylic acids is 4. The third-order valence-electron chi connectivity index (χ3n) is 24.9. The molecule has 2 saturated heterocycles. The highest BCUT2D eigenvalue weighted by atomic mass is 31.2. The van der Waals surface area contributed by atoms with Gasteiger partial charge in [0.2, 0.25) is 0 Å². The van der Waals surface area contributed by atoms with Gasteiger partial charge in [0.15, 0.2) is 24.8 Å². The molecule has 2 heterocycles. The number of unbranched alkanes of at least 4 members (excludes halogenated alkanes) is 48. The third-order valence-corrected chi connectivity index (χ3v) is 25.9. The zero-order valence-corrected chi connectivity index (χ0v) is 77.6. The predicted octanol–water partition coefficient (Wildman–Crippen LogP) is 19.0. The largest absolute Gasteiger partial charge is 0.472 e. The maximum absolute atomic E-state index is 14.9. The van der Waals surface area contributed by atoms with Gasteiger partial charge in [-0.3, -0.25) is 28.2 Å². The standard InChI is InChI=1S/C95H179O25P/c1-7-11-15-19-23-25-27-29-31-33-35-37-39-51-59-67-80(99)114-75(70-111-78(97)65-57-49-43-41-47-55-63-73(5)61-53-45-21-17-13-9-3)71-113-121(109,110)120-93-91(118-94-88(107)84(103)82(101)76(69-96)115-94)87(106)86(105)90(117-81(100)68-60-52-40-38-36-34-32-30-28-26-24-20-16-12-8-2)92(93)119-95-89(108)85(104)83(102)77(116-95)72-112-79(98)66-58-50-44-42-48-56-64-74(6)62-54-46-22-18-14-10-4/h73-77,82-96,101-108H,7-72H2,1-6H3,(H,109,110). The number of hydrogen-bond acceptors (Lipinski definition) is 24. The third kappa shape index (κ3) is 52.7. The van der Waals surface area contributed by atoms with Crippen molar-refractivity contribution >= 4 is 31.7 Å². The van der Waals surface area contributed by atoms with Crippen LogP contribution < -0.4 is 0 Å². The molecule has 121 heavy (non-hydrogen) atoms. The van der Waals surface area contributed by atoms with Crippen molar-refractivity contribution in [1.82, 2.24) is 0 Å². The minimum atomic E-state index is -5.81. The first-order valence-electron chi connectivity index (χ1n) is 49.6. The monoisotopic (exact) mass is 1750 g/mol. The number of hydrogen-bond donors (Lipinski definition) is 10. The average molecular weight is 1750 g/mol. The molecule has 10 N–H and O–H groups in total. The summed E-state index contributed by atoms with van der Waals surface area (Å²) in [5, 5.41) is 103. The highest BCUT2D eigenvalue weighted by Crippen LogP contribution is 2.49. The van der Waals surface area contributed by atoms with E-state index in [9.17, 15) is 74.6 Å². The molecule has 0 amide bonds. The second-order valence-electron chi connectivity index (χ2n) is 36.2. The molecular weight excluding hydrogens is 1570 g/mol. The first-order chi connectivity index (χ1) is 58.5. The number of phosphoric acid groups is 1. The molecule has 1 saturated carbocycles. The van der Waals surface area contributed by atoms with Gasteiger partial charge in [0.1, 0.15) is 92.6 Å². The molecule has 1 aliphatic carbocycles. The summed E-state index contributed by atoms with van der Waals surface area (Å²) >= 11 is 0. The molecule has 0 aromatic heterocycles. The van der Waals surface area contributed by atoms with Gasteiger partial charge in [0, 0.05) is 25.7 Å². The van der Waals surface area contributed by atoms with E-state index in [0.29, 0.717) is 43.9 Å². The quantitative estimate of drug-likeness (QED) is 0.0117. The highest BCUT2D eigenvalue weighted by Gasteiger charge is 2.60. The van der Waals surface area contributed by atoms with Crippen LogP contribution >= 0.6 is 7.82 Å². The van der Waals surface area contributed by atoms with E-state index in [4.69, 9.17) is 46.9 Å². The summed E-state index contributed by atoms with van der Waals surface area (Å²) < 4.78 is 73.7. The van der Waals surface area contributed by atoms with Crippen LogP contribution in [-0.2, 0) is 70.7 Å². The minimum absolute atomic E-state index is 0.0170. The van der Waals surface area contributed by atoms with Gasteiger partial charge in [-0.25, -0.2) is 4.57 Å². The highest BCUT2D eigenvalue weighted by molar-refractivity contribution is 7.47. The fraction of sp³-hybridized carbons (Fsp3) is 0.958. The lowest BCUT2D eigenvalue weighted by Crippen LogP contribution is -2.70. The van der Waals surface area contributed by atoms with E-state index < -0.39 is 162 Å². The van der Waals surface area contributed by atoms with Crippen molar-refractivity contribution in [2.24, 2.45) is 11.8 Å². The predicted molar refractivity (Wildman–Crippen MR) is 472 cm³/mol. The van der Waals surface area contributed by atoms with Crippen molar-refractivity contribution in [2.75, 3.05) is 26.4 Å². The van der Waals surface area contributed by atoms with Gasteiger partial charge in [-0.15, -0.1) is 0 Å². The van der Waals surface area contributed by atoms with Crippen molar-refractivity contribution < 1.29 is 122 Å². The topological polar surface area (TPSA) is 380 Å². The molecule has 2 aliphatic heterocycles. The molecule has 3 aliphatic rings. The molecule has 3 rings (SSSR count). The summed E-state index contributed by atoms with van der Waals surface area (Å²) in [5.41, 5.74) is 0. The second kappa shape index (κ2) is 72.3. The lowest BCUT2D eigenvalue weighted by atomic mass is 9.84. The van der Waals surface area contributed by atoms with Crippen molar-refractivity contribution in [1.29, 1.82) is 0 Å². The number of carbonyl (C=O) groups is 4. The number of ether oxygens (including phenoxy) is 8. The zero-order valence-electron chi connectivity index (χ0n) is 76.7. The Morgan fingerprint density at radius 3 is 0.983 bits per heavy atom. The Morgan fingerprint density at radius 1 is 0.322 bits per heavy atom. The molecule has 20 unspecified atom stereocenters. The van der Waals surface area contributed by atoms with Crippen LogP contribution in [0.2, 0.25) is 0 Å². The lowest BCUT2D eigenvalue weighted by Gasteiger charge is -2.50. The molecular formula is C95H179O25P. The van der Waals surface area contributed by atoms with Crippen LogP contribution in [0.5, 0.6) is 0 Å². The summed E-state index contributed by atoms with van der Waals surface area (Å²) in [4.78, 5) is 66.7. The Balaban J connectivity index is 1.91. The van der Waals surface area contributed by atoms with E-state index in [1.165, 1.54) is 212 Å². The van der Waals surface area contributed by atoms with Crippen LogP contribution in [0, 0.1) is 11.8 Å². The Labute approximate surface area is 731 Å². The summed E-state index contributed by atoms with van der Waals surface area (Å²) in [6, 6.07) is 0. The number of rotatable bonds is 80. The van der Waals surface area contributed by atoms with Crippen LogP contribution in [-0.4, -0.2) is 205 Å². The van der Waals surface area contributed by atoms with Gasteiger partial charge in [-0.05, 0) is 37.5 Å². The second-order valence-corrected chi connectivity index (χ2v) is 37.6. The fourth-order valence-corrected chi connectivity index (χ4v) is 17.8. The van der Waals surface area contributed by atoms with Crippen LogP contribution in [0.15, 0.2) is 0 Å². The maximum atomic E-state index is 14.9. The number of phosphoric ester groups is 1. The Bertz CT molecular complexity index is 2540. The van der Waals surface area contributed by atoms with E-state index in [2.05, 4.69) is 41.5 Å². The van der Waals surface area contributed by atoms with Gasteiger partial charge in [-0.1, -0.05) is 388 Å². The van der Waals surface area contributed by atoms with Gasteiger partial charge in [-0.2, -0.15) is 0 Å². The Kier molecular flexibility index (Phi) is 67.3. The van der Waals surface area contributed by atoms with Crippen molar-refractivity contribution in [3.8, 4) is 0 Å². The first-order valence-corrected chi connectivity index (χ1v) is 51.0. The molecule has 0 aromatic rings. The molecule has 0 spiro atoms. The Morgan fingerprint density at radius 2 is 0.620 bits per heavy atom.